The highest BCUT2D eigenvalue weighted by molar-refractivity contribution is 6.33. The van der Waals surface area contributed by atoms with Crippen LogP contribution in [-0.4, -0.2) is 25.5 Å². The molecule has 32 heavy (non-hydrogen) atoms. The van der Waals surface area contributed by atoms with Crippen LogP contribution < -0.4 is 10.1 Å². The fourth-order valence-electron chi connectivity index (χ4n) is 2.91. The van der Waals surface area contributed by atoms with Crippen LogP contribution in [0, 0.1) is 12.7 Å². The van der Waals surface area contributed by atoms with Gasteiger partial charge in [-0.1, -0.05) is 35.3 Å². The summed E-state index contributed by atoms with van der Waals surface area (Å²) < 4.78 is 21.8. The van der Waals surface area contributed by atoms with Gasteiger partial charge in [-0.2, -0.15) is 10.2 Å². The van der Waals surface area contributed by atoms with Crippen molar-refractivity contribution in [3.8, 4) is 5.75 Å². The Bertz CT molecular complexity index is 1250. The highest BCUT2D eigenvalue weighted by Gasteiger charge is 2.15. The fourth-order valence-corrected chi connectivity index (χ4v) is 3.23. The van der Waals surface area contributed by atoms with E-state index in [4.69, 9.17) is 27.9 Å². The van der Waals surface area contributed by atoms with E-state index in [1.54, 1.807) is 47.4 Å². The lowest BCUT2D eigenvalue weighted by Gasteiger charge is -2.07. The molecule has 2 aromatic carbocycles. The van der Waals surface area contributed by atoms with Crippen molar-refractivity contribution in [2.45, 2.75) is 20.2 Å². The van der Waals surface area contributed by atoms with Crippen LogP contribution in [0.25, 0.3) is 0 Å². The van der Waals surface area contributed by atoms with Gasteiger partial charge in [-0.3, -0.25) is 9.48 Å². The molecular formula is C22H18Cl2FN5O2. The number of carbonyl (C=O) groups is 1. The molecule has 0 aliphatic carbocycles. The van der Waals surface area contributed by atoms with E-state index < -0.39 is 5.91 Å². The van der Waals surface area contributed by atoms with Gasteiger partial charge in [-0.15, -0.1) is 0 Å². The molecule has 1 amide bonds. The molecule has 0 aliphatic heterocycles. The number of aromatic nitrogens is 4. The predicted molar refractivity (Wildman–Crippen MR) is 120 cm³/mol. The summed E-state index contributed by atoms with van der Waals surface area (Å²) in [6.45, 7) is 2.39. The van der Waals surface area contributed by atoms with Crippen molar-refractivity contribution in [1.82, 2.24) is 19.6 Å². The second kappa shape index (κ2) is 9.42. The van der Waals surface area contributed by atoms with Crippen LogP contribution in [0.5, 0.6) is 5.75 Å². The minimum atomic E-state index is -0.458. The normalized spacial score (nSPS) is 10.9. The van der Waals surface area contributed by atoms with Crippen LogP contribution >= 0.6 is 23.2 Å². The van der Waals surface area contributed by atoms with Crippen molar-refractivity contribution in [2.75, 3.05) is 5.32 Å². The summed E-state index contributed by atoms with van der Waals surface area (Å²) in [4.78, 5) is 12.5. The third kappa shape index (κ3) is 5.27. The molecular weight excluding hydrogens is 456 g/mol. The molecule has 164 valence electrons. The predicted octanol–water partition coefficient (Wildman–Crippen LogP) is 5.17. The first-order valence-corrected chi connectivity index (χ1v) is 10.3. The van der Waals surface area contributed by atoms with Crippen molar-refractivity contribution >= 4 is 34.9 Å². The molecule has 0 bridgehead atoms. The first kappa shape index (κ1) is 21.9. The summed E-state index contributed by atoms with van der Waals surface area (Å²) >= 11 is 12.2. The smallest absolute Gasteiger partial charge is 0.277 e. The van der Waals surface area contributed by atoms with Crippen LogP contribution in [0.1, 0.15) is 21.6 Å². The second-order valence-electron chi connectivity index (χ2n) is 7.03. The molecule has 0 spiro atoms. The Morgan fingerprint density at radius 1 is 1.06 bits per heavy atom. The second-order valence-corrected chi connectivity index (χ2v) is 7.84. The van der Waals surface area contributed by atoms with Crippen LogP contribution in [0.4, 0.5) is 10.2 Å². The topological polar surface area (TPSA) is 74.0 Å². The summed E-state index contributed by atoms with van der Waals surface area (Å²) in [5.74, 6) is 0.0847. The Kier molecular flexibility index (Phi) is 6.43. The van der Waals surface area contributed by atoms with Gasteiger partial charge in [0.1, 0.15) is 16.6 Å². The number of nitrogens with one attached hydrogen (secondary N) is 1. The SMILES string of the molecule is Cc1cc(OCn2ccc(C(=O)Nc3nn(Cc4ccc(F)cc4)cc3Cl)n2)ccc1Cl. The van der Waals surface area contributed by atoms with E-state index in [-0.39, 0.29) is 29.1 Å². The van der Waals surface area contributed by atoms with E-state index >= 15 is 0 Å². The average molecular weight is 474 g/mol. The molecule has 4 rings (SSSR count). The van der Waals surface area contributed by atoms with Gasteiger partial charge in [-0.05, 0) is 54.4 Å². The van der Waals surface area contributed by atoms with Gasteiger partial charge in [0.15, 0.2) is 18.2 Å². The first-order valence-electron chi connectivity index (χ1n) is 9.58. The number of aryl methyl sites for hydroxylation is 1. The number of carbonyl (C=O) groups excluding carboxylic acids is 1. The van der Waals surface area contributed by atoms with E-state index in [2.05, 4.69) is 15.5 Å². The number of hydrogen-bond donors (Lipinski definition) is 1. The quantitative estimate of drug-likeness (QED) is 0.401. The number of nitrogens with zero attached hydrogens (tertiary/aromatic N) is 4. The maximum Gasteiger partial charge on any atom is 0.277 e. The van der Waals surface area contributed by atoms with Crippen LogP contribution in [0.2, 0.25) is 10.0 Å². The zero-order chi connectivity index (χ0) is 22.7. The molecule has 4 aromatic rings. The lowest BCUT2D eigenvalue weighted by atomic mass is 10.2. The van der Waals surface area contributed by atoms with Crippen molar-refractivity contribution in [2.24, 2.45) is 0 Å². The third-order valence-corrected chi connectivity index (χ3v) is 5.27. The Hall–Kier alpha value is -3.36. The van der Waals surface area contributed by atoms with Crippen LogP contribution in [-0.2, 0) is 13.3 Å². The molecule has 0 unspecified atom stereocenters. The zero-order valence-electron chi connectivity index (χ0n) is 16.9. The maximum absolute atomic E-state index is 13.1. The molecule has 0 aliphatic rings. The molecule has 1 N–H and O–H groups in total. The van der Waals surface area contributed by atoms with Crippen molar-refractivity contribution in [3.05, 3.63) is 93.6 Å². The standard InChI is InChI=1S/C22H18Cl2FN5O2/c1-14-10-17(6-7-18(14)23)32-13-29-9-8-20(27-29)22(31)26-21-19(24)12-30(28-21)11-15-2-4-16(25)5-3-15/h2-10,12H,11,13H2,1H3,(H,26,28,31). The molecule has 7 nitrogen and oxygen atoms in total. The summed E-state index contributed by atoms with van der Waals surface area (Å²) in [6, 6.07) is 13.0. The lowest BCUT2D eigenvalue weighted by molar-refractivity contribution is 0.101. The summed E-state index contributed by atoms with van der Waals surface area (Å²) in [6.07, 6.45) is 3.22. The monoisotopic (exact) mass is 473 g/mol. The number of halogens is 3. The van der Waals surface area contributed by atoms with Gasteiger partial charge in [-0.25, -0.2) is 9.07 Å². The molecule has 0 atom stereocenters. The van der Waals surface area contributed by atoms with E-state index in [0.717, 1.165) is 11.1 Å². The van der Waals surface area contributed by atoms with Crippen LogP contribution in [0.15, 0.2) is 60.9 Å². The highest BCUT2D eigenvalue weighted by atomic mass is 35.5. The van der Waals surface area contributed by atoms with E-state index in [0.29, 0.717) is 17.3 Å². The lowest BCUT2D eigenvalue weighted by Crippen LogP contribution is -2.15. The number of amides is 1. The molecule has 2 heterocycles. The number of ether oxygens (including phenoxy) is 1. The number of anilines is 1. The highest BCUT2D eigenvalue weighted by Crippen LogP contribution is 2.22. The number of hydrogen-bond acceptors (Lipinski definition) is 4. The minimum Gasteiger partial charge on any atom is -0.471 e. The summed E-state index contributed by atoms with van der Waals surface area (Å²) in [5.41, 5.74) is 1.93. The van der Waals surface area contributed by atoms with E-state index in [1.165, 1.54) is 16.8 Å². The van der Waals surface area contributed by atoms with Gasteiger partial charge in [0.05, 0.1) is 6.54 Å². The van der Waals surface area contributed by atoms with Crippen LogP contribution in [0.3, 0.4) is 0 Å². The molecule has 2 aromatic heterocycles. The van der Waals surface area contributed by atoms with E-state index in [1.807, 2.05) is 13.0 Å². The largest absolute Gasteiger partial charge is 0.471 e. The maximum atomic E-state index is 13.1. The van der Waals surface area contributed by atoms with Crippen molar-refractivity contribution in [3.63, 3.8) is 0 Å². The van der Waals surface area contributed by atoms with Gasteiger partial charge >= 0.3 is 0 Å². The zero-order valence-corrected chi connectivity index (χ0v) is 18.4. The fraction of sp³-hybridized carbons (Fsp3) is 0.136. The minimum absolute atomic E-state index is 0.126. The first-order chi connectivity index (χ1) is 15.4. The van der Waals surface area contributed by atoms with Crippen molar-refractivity contribution in [1.29, 1.82) is 0 Å². The Morgan fingerprint density at radius 2 is 1.84 bits per heavy atom. The average Bonchev–Trinajstić information content (AvgIpc) is 3.37. The number of rotatable bonds is 7. The molecule has 0 radical (unpaired) electrons. The summed E-state index contributed by atoms with van der Waals surface area (Å²) in [7, 11) is 0. The Labute approximate surface area is 193 Å². The van der Waals surface area contributed by atoms with E-state index in [9.17, 15) is 9.18 Å². The summed E-state index contributed by atoms with van der Waals surface area (Å²) in [5, 5.41) is 12.1. The van der Waals surface area contributed by atoms with Crippen molar-refractivity contribution < 1.29 is 13.9 Å². The van der Waals surface area contributed by atoms with Gasteiger partial charge in [0.25, 0.3) is 5.91 Å². The van der Waals surface area contributed by atoms with Gasteiger partial charge < -0.3 is 10.1 Å². The molecule has 0 saturated heterocycles. The van der Waals surface area contributed by atoms with Gasteiger partial charge in [0.2, 0.25) is 0 Å². The number of benzene rings is 2. The Balaban J connectivity index is 1.37. The molecule has 10 heteroatoms. The Morgan fingerprint density at radius 3 is 2.59 bits per heavy atom. The van der Waals surface area contributed by atoms with Gasteiger partial charge in [0, 0.05) is 17.4 Å². The molecule has 0 saturated carbocycles. The molecule has 0 fully saturated rings. The third-order valence-electron chi connectivity index (χ3n) is 4.57.